The summed E-state index contributed by atoms with van der Waals surface area (Å²) in [7, 11) is 0. The van der Waals surface area contributed by atoms with Gasteiger partial charge >= 0.3 is 5.97 Å². The third-order valence-electron chi connectivity index (χ3n) is 3.78. The number of nitrogens with one attached hydrogen (secondary N) is 1. The molecule has 1 aromatic heterocycles. The van der Waals surface area contributed by atoms with Crippen molar-refractivity contribution in [3.05, 3.63) is 34.5 Å². The molecular formula is C15H19NO2. The van der Waals surface area contributed by atoms with E-state index in [-0.39, 0.29) is 12.3 Å². The Balaban J connectivity index is 2.57. The third kappa shape index (κ3) is 2.01. The summed E-state index contributed by atoms with van der Waals surface area (Å²) in [6.07, 6.45) is 0.158. The number of rotatable bonds is 3. The van der Waals surface area contributed by atoms with E-state index in [0.717, 1.165) is 11.2 Å². The van der Waals surface area contributed by atoms with Crippen molar-refractivity contribution in [2.24, 2.45) is 0 Å². The number of aromatic nitrogens is 1. The largest absolute Gasteiger partial charge is 0.481 e. The predicted molar refractivity (Wildman–Crippen MR) is 73.2 cm³/mol. The molecule has 0 saturated heterocycles. The maximum atomic E-state index is 10.8. The van der Waals surface area contributed by atoms with Crippen LogP contribution in [-0.2, 0) is 4.79 Å². The predicted octanol–water partition coefficient (Wildman–Crippen LogP) is 3.67. The minimum atomic E-state index is -0.756. The molecule has 18 heavy (non-hydrogen) atoms. The first-order valence-corrected chi connectivity index (χ1v) is 6.22. The van der Waals surface area contributed by atoms with E-state index in [2.05, 4.69) is 37.9 Å². The van der Waals surface area contributed by atoms with E-state index < -0.39 is 5.97 Å². The van der Waals surface area contributed by atoms with Crippen LogP contribution in [0.5, 0.6) is 0 Å². The van der Waals surface area contributed by atoms with Crippen LogP contribution in [0.4, 0.5) is 0 Å². The van der Waals surface area contributed by atoms with Crippen molar-refractivity contribution in [1.82, 2.24) is 4.98 Å². The van der Waals surface area contributed by atoms with Crippen LogP contribution >= 0.6 is 0 Å². The second kappa shape index (κ2) is 4.48. The van der Waals surface area contributed by atoms with Gasteiger partial charge in [-0.2, -0.15) is 0 Å². The van der Waals surface area contributed by atoms with Gasteiger partial charge in [-0.1, -0.05) is 19.1 Å². The Morgan fingerprint density at radius 3 is 2.56 bits per heavy atom. The number of carbonyl (C=O) groups is 1. The molecule has 0 saturated carbocycles. The van der Waals surface area contributed by atoms with Gasteiger partial charge in [0, 0.05) is 22.5 Å². The molecule has 0 aliphatic rings. The first kappa shape index (κ1) is 12.7. The topological polar surface area (TPSA) is 53.1 Å². The summed E-state index contributed by atoms with van der Waals surface area (Å²) >= 11 is 0. The highest BCUT2D eigenvalue weighted by Gasteiger charge is 2.17. The highest BCUT2D eigenvalue weighted by atomic mass is 16.4. The van der Waals surface area contributed by atoms with Gasteiger partial charge in [-0.15, -0.1) is 0 Å². The van der Waals surface area contributed by atoms with Crippen LogP contribution in [0.1, 0.15) is 41.6 Å². The molecule has 1 aromatic carbocycles. The Labute approximate surface area is 107 Å². The molecule has 96 valence electrons. The molecule has 1 atom stereocenters. The second-order valence-corrected chi connectivity index (χ2v) is 5.09. The SMILES string of the molecule is Cc1ccc2c(C)c(C(C)CC(=O)O)[nH]c2c1C. The Kier molecular flexibility index (Phi) is 3.16. The summed E-state index contributed by atoms with van der Waals surface area (Å²) < 4.78 is 0. The van der Waals surface area contributed by atoms with Crippen molar-refractivity contribution >= 4 is 16.9 Å². The fourth-order valence-corrected chi connectivity index (χ4v) is 2.52. The third-order valence-corrected chi connectivity index (χ3v) is 3.78. The second-order valence-electron chi connectivity index (χ2n) is 5.09. The number of aromatic amines is 1. The number of H-pyrrole nitrogens is 1. The summed E-state index contributed by atoms with van der Waals surface area (Å²) in [4.78, 5) is 14.2. The molecule has 2 N–H and O–H groups in total. The first-order chi connectivity index (χ1) is 8.41. The van der Waals surface area contributed by atoms with Crippen LogP contribution in [0.15, 0.2) is 12.1 Å². The summed E-state index contributed by atoms with van der Waals surface area (Å²) in [5.41, 5.74) is 5.84. The standard InChI is InChI=1S/C15H19NO2/c1-8-5-6-12-11(4)14(9(2)7-13(17)18)16-15(12)10(8)3/h5-6,9,16H,7H2,1-4H3,(H,17,18). The minimum absolute atomic E-state index is 0.00889. The Hall–Kier alpha value is -1.77. The van der Waals surface area contributed by atoms with E-state index in [1.807, 2.05) is 6.92 Å². The van der Waals surface area contributed by atoms with Crippen LogP contribution in [0, 0.1) is 20.8 Å². The molecule has 1 unspecified atom stereocenters. The van der Waals surface area contributed by atoms with Gasteiger partial charge in [0.1, 0.15) is 0 Å². The highest BCUT2D eigenvalue weighted by Crippen LogP contribution is 2.31. The summed E-state index contributed by atoms with van der Waals surface area (Å²) in [5, 5.41) is 10.1. The van der Waals surface area contributed by atoms with E-state index in [0.29, 0.717) is 0 Å². The van der Waals surface area contributed by atoms with Gasteiger partial charge in [0.15, 0.2) is 0 Å². The van der Waals surface area contributed by atoms with E-state index >= 15 is 0 Å². The lowest BCUT2D eigenvalue weighted by molar-refractivity contribution is -0.137. The highest BCUT2D eigenvalue weighted by molar-refractivity contribution is 5.88. The van der Waals surface area contributed by atoms with E-state index in [1.54, 1.807) is 0 Å². The van der Waals surface area contributed by atoms with Crippen molar-refractivity contribution in [3.8, 4) is 0 Å². The van der Waals surface area contributed by atoms with Crippen molar-refractivity contribution in [2.45, 2.75) is 40.0 Å². The van der Waals surface area contributed by atoms with Crippen LogP contribution in [-0.4, -0.2) is 16.1 Å². The van der Waals surface area contributed by atoms with Crippen LogP contribution in [0.2, 0.25) is 0 Å². The van der Waals surface area contributed by atoms with Gasteiger partial charge in [-0.3, -0.25) is 4.79 Å². The van der Waals surface area contributed by atoms with Gasteiger partial charge in [0.2, 0.25) is 0 Å². The molecule has 3 nitrogen and oxygen atoms in total. The number of aryl methyl sites for hydroxylation is 3. The zero-order chi connectivity index (χ0) is 13.4. The monoisotopic (exact) mass is 245 g/mol. The minimum Gasteiger partial charge on any atom is -0.481 e. The molecule has 2 aromatic rings. The van der Waals surface area contributed by atoms with Crippen molar-refractivity contribution in [1.29, 1.82) is 0 Å². The zero-order valence-electron chi connectivity index (χ0n) is 11.3. The molecule has 2 rings (SSSR count). The number of benzene rings is 1. The smallest absolute Gasteiger partial charge is 0.304 e. The fraction of sp³-hybridized carbons (Fsp3) is 0.400. The molecule has 0 amide bonds. The van der Waals surface area contributed by atoms with Crippen molar-refractivity contribution in [2.75, 3.05) is 0 Å². The van der Waals surface area contributed by atoms with Crippen molar-refractivity contribution in [3.63, 3.8) is 0 Å². The normalized spacial score (nSPS) is 12.9. The van der Waals surface area contributed by atoms with E-state index in [9.17, 15) is 4.79 Å². The molecule has 0 aliphatic carbocycles. The number of aliphatic carboxylic acids is 1. The average Bonchev–Trinajstić information content (AvgIpc) is 2.61. The van der Waals surface area contributed by atoms with Gasteiger partial charge in [-0.05, 0) is 37.5 Å². The van der Waals surface area contributed by atoms with Crippen LogP contribution in [0.25, 0.3) is 10.9 Å². The Morgan fingerprint density at radius 1 is 1.28 bits per heavy atom. The molecule has 3 heteroatoms. The Bertz CT molecular complexity index is 610. The van der Waals surface area contributed by atoms with Gasteiger partial charge in [-0.25, -0.2) is 0 Å². The molecule has 0 bridgehead atoms. The quantitative estimate of drug-likeness (QED) is 0.866. The summed E-state index contributed by atoms with van der Waals surface area (Å²) in [6.45, 7) is 8.19. The number of hydrogen-bond donors (Lipinski definition) is 2. The lowest BCUT2D eigenvalue weighted by Crippen LogP contribution is -2.04. The van der Waals surface area contributed by atoms with Gasteiger partial charge < -0.3 is 10.1 Å². The molecule has 1 heterocycles. The lowest BCUT2D eigenvalue weighted by Gasteiger charge is -2.07. The zero-order valence-corrected chi connectivity index (χ0v) is 11.3. The average molecular weight is 245 g/mol. The fourth-order valence-electron chi connectivity index (χ4n) is 2.52. The van der Waals surface area contributed by atoms with Crippen molar-refractivity contribution < 1.29 is 9.90 Å². The Morgan fingerprint density at radius 2 is 1.94 bits per heavy atom. The molecule has 0 radical (unpaired) electrons. The number of hydrogen-bond acceptors (Lipinski definition) is 1. The molecular weight excluding hydrogens is 226 g/mol. The van der Waals surface area contributed by atoms with Gasteiger partial charge in [0.25, 0.3) is 0 Å². The number of carboxylic acid groups (broad SMARTS) is 1. The maximum absolute atomic E-state index is 10.8. The van der Waals surface area contributed by atoms with E-state index in [1.165, 1.54) is 22.1 Å². The van der Waals surface area contributed by atoms with Gasteiger partial charge in [0.05, 0.1) is 6.42 Å². The maximum Gasteiger partial charge on any atom is 0.304 e. The molecule has 0 aliphatic heterocycles. The molecule has 0 spiro atoms. The van der Waals surface area contributed by atoms with E-state index in [4.69, 9.17) is 5.11 Å². The summed E-state index contributed by atoms with van der Waals surface area (Å²) in [6, 6.07) is 4.23. The summed E-state index contributed by atoms with van der Waals surface area (Å²) in [5.74, 6) is -0.747. The molecule has 0 fully saturated rings. The lowest BCUT2D eigenvalue weighted by atomic mass is 9.99. The number of carboxylic acids is 1. The van der Waals surface area contributed by atoms with Crippen LogP contribution < -0.4 is 0 Å². The number of fused-ring (bicyclic) bond motifs is 1. The first-order valence-electron chi connectivity index (χ1n) is 6.22. The van der Waals surface area contributed by atoms with Crippen LogP contribution in [0.3, 0.4) is 0 Å².